The standard InChI is InChI=1S/C17H24N2O/c1-13(2)12-18-11-9-17(3,20)15-7-4-8-16-14(15)6-5-10-19-16/h4-8,10,13,18,20H,9,11-12H2,1-3H3. The summed E-state index contributed by atoms with van der Waals surface area (Å²) >= 11 is 0. The average molecular weight is 272 g/mol. The van der Waals surface area contributed by atoms with Crippen molar-refractivity contribution in [2.45, 2.75) is 32.8 Å². The molecule has 0 saturated heterocycles. The van der Waals surface area contributed by atoms with E-state index in [0.717, 1.165) is 29.6 Å². The van der Waals surface area contributed by atoms with E-state index in [2.05, 4.69) is 24.1 Å². The van der Waals surface area contributed by atoms with Gasteiger partial charge in [-0.1, -0.05) is 32.0 Å². The van der Waals surface area contributed by atoms with Crippen LogP contribution in [0.15, 0.2) is 36.5 Å². The van der Waals surface area contributed by atoms with Crippen molar-refractivity contribution in [3.8, 4) is 0 Å². The number of pyridine rings is 1. The maximum absolute atomic E-state index is 10.8. The fourth-order valence-corrected chi connectivity index (χ4v) is 2.43. The Morgan fingerprint density at radius 3 is 2.80 bits per heavy atom. The minimum atomic E-state index is -0.841. The predicted octanol–water partition coefficient (Wildman–Crippen LogP) is 3.08. The van der Waals surface area contributed by atoms with Gasteiger partial charge in [-0.05, 0) is 50.0 Å². The summed E-state index contributed by atoms with van der Waals surface area (Å²) in [5.74, 6) is 0.627. The Bertz CT molecular complexity index is 558. The van der Waals surface area contributed by atoms with Crippen LogP contribution in [0, 0.1) is 5.92 Å². The Kier molecular flexibility index (Phi) is 4.73. The molecule has 0 saturated carbocycles. The van der Waals surface area contributed by atoms with Gasteiger partial charge >= 0.3 is 0 Å². The lowest BCUT2D eigenvalue weighted by Gasteiger charge is -2.25. The molecule has 2 rings (SSSR count). The lowest BCUT2D eigenvalue weighted by atomic mass is 9.89. The van der Waals surface area contributed by atoms with E-state index in [-0.39, 0.29) is 0 Å². The fourth-order valence-electron chi connectivity index (χ4n) is 2.43. The second-order valence-electron chi connectivity index (χ2n) is 6.00. The van der Waals surface area contributed by atoms with E-state index in [1.165, 1.54) is 0 Å². The molecular weight excluding hydrogens is 248 g/mol. The number of aliphatic hydroxyl groups is 1. The van der Waals surface area contributed by atoms with Crippen LogP contribution in [0.3, 0.4) is 0 Å². The highest BCUT2D eigenvalue weighted by Gasteiger charge is 2.24. The molecule has 0 radical (unpaired) electrons. The molecule has 0 aliphatic rings. The number of fused-ring (bicyclic) bond motifs is 1. The Morgan fingerprint density at radius 2 is 2.05 bits per heavy atom. The molecule has 1 aromatic heterocycles. The van der Waals surface area contributed by atoms with Crippen molar-refractivity contribution in [3.63, 3.8) is 0 Å². The van der Waals surface area contributed by atoms with Crippen LogP contribution in [0.1, 0.15) is 32.8 Å². The molecule has 1 atom stereocenters. The second-order valence-corrected chi connectivity index (χ2v) is 6.00. The van der Waals surface area contributed by atoms with Crippen molar-refractivity contribution in [1.82, 2.24) is 10.3 Å². The Hall–Kier alpha value is -1.45. The molecule has 2 aromatic rings. The zero-order valence-corrected chi connectivity index (χ0v) is 12.6. The van der Waals surface area contributed by atoms with Gasteiger partial charge in [-0.15, -0.1) is 0 Å². The smallest absolute Gasteiger partial charge is 0.0887 e. The first kappa shape index (κ1) is 14.9. The van der Waals surface area contributed by atoms with Gasteiger partial charge in [0.05, 0.1) is 11.1 Å². The van der Waals surface area contributed by atoms with Crippen molar-refractivity contribution in [2.75, 3.05) is 13.1 Å². The molecular formula is C17H24N2O. The normalized spacial score (nSPS) is 14.7. The molecule has 0 spiro atoms. The van der Waals surface area contributed by atoms with E-state index in [4.69, 9.17) is 0 Å². The summed E-state index contributed by atoms with van der Waals surface area (Å²) in [4.78, 5) is 4.35. The Labute approximate surface area is 121 Å². The molecule has 1 heterocycles. The highest BCUT2D eigenvalue weighted by molar-refractivity contribution is 5.82. The highest BCUT2D eigenvalue weighted by atomic mass is 16.3. The van der Waals surface area contributed by atoms with Crippen LogP contribution in [0.2, 0.25) is 0 Å². The number of hydrogen-bond donors (Lipinski definition) is 2. The van der Waals surface area contributed by atoms with Crippen LogP contribution in [-0.2, 0) is 5.60 Å². The minimum absolute atomic E-state index is 0.627. The van der Waals surface area contributed by atoms with E-state index >= 15 is 0 Å². The molecule has 2 N–H and O–H groups in total. The van der Waals surface area contributed by atoms with Gasteiger partial charge < -0.3 is 10.4 Å². The van der Waals surface area contributed by atoms with Gasteiger partial charge in [0.2, 0.25) is 0 Å². The topological polar surface area (TPSA) is 45.1 Å². The molecule has 3 heteroatoms. The van der Waals surface area contributed by atoms with Crippen LogP contribution in [0.25, 0.3) is 10.9 Å². The van der Waals surface area contributed by atoms with E-state index in [0.29, 0.717) is 12.3 Å². The molecule has 0 aliphatic heterocycles. The van der Waals surface area contributed by atoms with E-state index in [1.54, 1.807) is 6.20 Å². The monoisotopic (exact) mass is 272 g/mol. The number of benzene rings is 1. The molecule has 1 aromatic carbocycles. The number of nitrogens with zero attached hydrogens (tertiary/aromatic N) is 1. The quantitative estimate of drug-likeness (QED) is 0.794. The zero-order valence-electron chi connectivity index (χ0n) is 12.6. The number of hydrogen-bond acceptors (Lipinski definition) is 3. The number of nitrogens with one attached hydrogen (secondary N) is 1. The summed E-state index contributed by atoms with van der Waals surface area (Å²) in [5, 5.41) is 15.2. The largest absolute Gasteiger partial charge is 0.385 e. The molecule has 108 valence electrons. The van der Waals surface area contributed by atoms with Gasteiger partial charge in [-0.2, -0.15) is 0 Å². The Balaban J connectivity index is 2.15. The van der Waals surface area contributed by atoms with Crippen LogP contribution in [-0.4, -0.2) is 23.2 Å². The Morgan fingerprint density at radius 1 is 1.25 bits per heavy atom. The van der Waals surface area contributed by atoms with Gasteiger partial charge in [0.1, 0.15) is 0 Å². The maximum atomic E-state index is 10.8. The lowest BCUT2D eigenvalue weighted by molar-refractivity contribution is 0.0493. The van der Waals surface area contributed by atoms with Crippen molar-refractivity contribution in [3.05, 3.63) is 42.1 Å². The van der Waals surface area contributed by atoms with Gasteiger partial charge in [0.25, 0.3) is 0 Å². The lowest BCUT2D eigenvalue weighted by Crippen LogP contribution is -2.29. The third-order valence-corrected chi connectivity index (χ3v) is 3.57. The molecule has 3 nitrogen and oxygen atoms in total. The first-order valence-electron chi connectivity index (χ1n) is 7.28. The SMILES string of the molecule is CC(C)CNCCC(C)(O)c1cccc2ncccc12. The van der Waals surface area contributed by atoms with Crippen molar-refractivity contribution < 1.29 is 5.11 Å². The summed E-state index contributed by atoms with van der Waals surface area (Å²) in [6.45, 7) is 8.03. The fraction of sp³-hybridized carbons (Fsp3) is 0.471. The van der Waals surface area contributed by atoms with Gasteiger partial charge in [0, 0.05) is 11.6 Å². The average Bonchev–Trinajstić information content (AvgIpc) is 2.43. The van der Waals surface area contributed by atoms with Crippen molar-refractivity contribution in [2.24, 2.45) is 5.92 Å². The number of aromatic nitrogens is 1. The summed E-state index contributed by atoms with van der Waals surface area (Å²) in [6, 6.07) is 9.87. The van der Waals surface area contributed by atoms with E-state index < -0.39 is 5.60 Å². The molecule has 20 heavy (non-hydrogen) atoms. The van der Waals surface area contributed by atoms with E-state index in [9.17, 15) is 5.11 Å². The third kappa shape index (κ3) is 3.56. The summed E-state index contributed by atoms with van der Waals surface area (Å²) < 4.78 is 0. The van der Waals surface area contributed by atoms with Gasteiger partial charge in [-0.3, -0.25) is 4.98 Å². The molecule has 0 fully saturated rings. The summed E-state index contributed by atoms with van der Waals surface area (Å²) in [6.07, 6.45) is 2.47. The van der Waals surface area contributed by atoms with Crippen LogP contribution >= 0.6 is 0 Å². The first-order chi connectivity index (χ1) is 9.50. The maximum Gasteiger partial charge on any atom is 0.0887 e. The van der Waals surface area contributed by atoms with E-state index in [1.807, 2.05) is 37.3 Å². The number of rotatable bonds is 6. The van der Waals surface area contributed by atoms with Crippen molar-refractivity contribution in [1.29, 1.82) is 0 Å². The van der Waals surface area contributed by atoms with Gasteiger partial charge in [-0.25, -0.2) is 0 Å². The molecule has 0 bridgehead atoms. The van der Waals surface area contributed by atoms with Gasteiger partial charge in [0.15, 0.2) is 0 Å². The third-order valence-electron chi connectivity index (χ3n) is 3.57. The molecule has 0 aliphatic carbocycles. The van der Waals surface area contributed by atoms with Crippen LogP contribution < -0.4 is 5.32 Å². The predicted molar refractivity (Wildman–Crippen MR) is 83.6 cm³/mol. The molecule has 0 amide bonds. The summed E-state index contributed by atoms with van der Waals surface area (Å²) in [5.41, 5.74) is 1.04. The second kappa shape index (κ2) is 6.33. The van der Waals surface area contributed by atoms with Crippen LogP contribution in [0.5, 0.6) is 0 Å². The minimum Gasteiger partial charge on any atom is -0.385 e. The first-order valence-corrected chi connectivity index (χ1v) is 7.28. The zero-order chi connectivity index (χ0) is 14.6. The highest BCUT2D eigenvalue weighted by Crippen LogP contribution is 2.30. The van der Waals surface area contributed by atoms with Crippen molar-refractivity contribution >= 4 is 10.9 Å². The van der Waals surface area contributed by atoms with Crippen LogP contribution in [0.4, 0.5) is 0 Å². The summed E-state index contributed by atoms with van der Waals surface area (Å²) in [7, 11) is 0. The molecule has 1 unspecified atom stereocenters.